The number of aryl methyl sites for hydroxylation is 1. The molecule has 4 nitrogen and oxygen atoms in total. The number of anilines is 1. The quantitative estimate of drug-likeness (QED) is 0.791. The van der Waals surface area contributed by atoms with Crippen LogP contribution in [0.1, 0.15) is 26.5 Å². The lowest BCUT2D eigenvalue weighted by molar-refractivity contribution is 0.0265. The van der Waals surface area contributed by atoms with E-state index in [2.05, 4.69) is 15.3 Å². The zero-order valence-electron chi connectivity index (χ0n) is 9.78. The van der Waals surface area contributed by atoms with Crippen molar-refractivity contribution >= 4 is 5.95 Å². The maximum Gasteiger partial charge on any atom is 0.222 e. The van der Waals surface area contributed by atoms with Crippen LogP contribution in [0.25, 0.3) is 0 Å². The lowest BCUT2D eigenvalue weighted by Gasteiger charge is -2.27. The van der Waals surface area contributed by atoms with Crippen LogP contribution in [-0.4, -0.2) is 27.2 Å². The second kappa shape index (κ2) is 4.57. The Hall–Kier alpha value is -1.16. The SMILES string of the molecule is Cc1ccnc(NCC(C)(O)C(C)C)n1. The van der Waals surface area contributed by atoms with Crippen molar-refractivity contribution in [2.24, 2.45) is 5.92 Å². The fraction of sp³-hybridized carbons (Fsp3) is 0.636. The molecule has 1 heterocycles. The third-order valence-corrected chi connectivity index (χ3v) is 2.64. The van der Waals surface area contributed by atoms with Crippen molar-refractivity contribution in [3.8, 4) is 0 Å². The molecule has 1 atom stereocenters. The highest BCUT2D eigenvalue weighted by Crippen LogP contribution is 2.16. The normalized spacial score (nSPS) is 15.1. The molecule has 0 amide bonds. The molecule has 1 rings (SSSR count). The average Bonchev–Trinajstić information content (AvgIpc) is 2.15. The van der Waals surface area contributed by atoms with Crippen molar-refractivity contribution < 1.29 is 5.11 Å². The molecule has 0 saturated heterocycles. The maximum absolute atomic E-state index is 10.0. The zero-order valence-corrected chi connectivity index (χ0v) is 9.78. The average molecular weight is 209 g/mol. The predicted octanol–water partition coefficient (Wildman–Crippen LogP) is 1.60. The molecule has 0 aliphatic rings. The van der Waals surface area contributed by atoms with Gasteiger partial charge in [0.25, 0.3) is 0 Å². The minimum Gasteiger partial charge on any atom is -0.388 e. The van der Waals surface area contributed by atoms with Gasteiger partial charge in [0.15, 0.2) is 0 Å². The number of rotatable bonds is 4. The first-order valence-electron chi connectivity index (χ1n) is 5.18. The molecule has 0 aromatic carbocycles. The molecule has 0 fully saturated rings. The number of nitrogens with one attached hydrogen (secondary N) is 1. The summed E-state index contributed by atoms with van der Waals surface area (Å²) >= 11 is 0. The van der Waals surface area contributed by atoms with Crippen LogP contribution in [0.2, 0.25) is 0 Å². The Morgan fingerprint density at radius 3 is 2.73 bits per heavy atom. The lowest BCUT2D eigenvalue weighted by atomic mass is 9.93. The van der Waals surface area contributed by atoms with Crippen LogP contribution in [0.4, 0.5) is 5.95 Å². The Bertz CT molecular complexity index is 323. The van der Waals surface area contributed by atoms with E-state index in [-0.39, 0.29) is 5.92 Å². The predicted molar refractivity (Wildman–Crippen MR) is 60.7 cm³/mol. The van der Waals surface area contributed by atoms with Crippen molar-refractivity contribution in [3.63, 3.8) is 0 Å². The number of hydrogen-bond donors (Lipinski definition) is 2. The van der Waals surface area contributed by atoms with Crippen LogP contribution >= 0.6 is 0 Å². The van der Waals surface area contributed by atoms with Gasteiger partial charge in [-0.2, -0.15) is 0 Å². The molecule has 0 aliphatic heterocycles. The van der Waals surface area contributed by atoms with Crippen LogP contribution in [0.3, 0.4) is 0 Å². The molecule has 84 valence electrons. The van der Waals surface area contributed by atoms with Crippen LogP contribution in [0, 0.1) is 12.8 Å². The van der Waals surface area contributed by atoms with Crippen molar-refractivity contribution in [1.82, 2.24) is 9.97 Å². The van der Waals surface area contributed by atoms with E-state index < -0.39 is 5.60 Å². The first-order chi connectivity index (χ1) is 6.92. The molecule has 1 aromatic rings. The Labute approximate surface area is 90.8 Å². The first-order valence-corrected chi connectivity index (χ1v) is 5.18. The third-order valence-electron chi connectivity index (χ3n) is 2.64. The number of hydrogen-bond acceptors (Lipinski definition) is 4. The second-order valence-electron chi connectivity index (χ2n) is 4.39. The topological polar surface area (TPSA) is 58.0 Å². The van der Waals surface area contributed by atoms with Gasteiger partial charge in [-0.3, -0.25) is 0 Å². The number of aromatic nitrogens is 2. The standard InChI is InChI=1S/C11H19N3O/c1-8(2)11(4,15)7-13-10-12-6-5-9(3)14-10/h5-6,8,15H,7H2,1-4H3,(H,12,13,14). The van der Waals surface area contributed by atoms with Gasteiger partial charge in [0.2, 0.25) is 5.95 Å². The molecule has 15 heavy (non-hydrogen) atoms. The minimum absolute atomic E-state index is 0.190. The number of nitrogens with zero attached hydrogens (tertiary/aromatic N) is 2. The molecular weight excluding hydrogens is 190 g/mol. The van der Waals surface area contributed by atoms with Gasteiger partial charge in [0.05, 0.1) is 5.60 Å². The van der Waals surface area contributed by atoms with E-state index in [4.69, 9.17) is 0 Å². The van der Waals surface area contributed by atoms with Crippen LogP contribution in [0.15, 0.2) is 12.3 Å². The summed E-state index contributed by atoms with van der Waals surface area (Å²) in [6.07, 6.45) is 1.70. The Balaban J connectivity index is 2.57. The van der Waals surface area contributed by atoms with Crippen LogP contribution in [0.5, 0.6) is 0 Å². The highest BCUT2D eigenvalue weighted by Gasteiger charge is 2.24. The maximum atomic E-state index is 10.0. The van der Waals surface area contributed by atoms with E-state index in [0.717, 1.165) is 5.69 Å². The third kappa shape index (κ3) is 3.47. The Kier molecular flexibility index (Phi) is 3.63. The van der Waals surface area contributed by atoms with Gasteiger partial charge in [-0.15, -0.1) is 0 Å². The summed E-state index contributed by atoms with van der Waals surface area (Å²) in [5.41, 5.74) is 0.171. The fourth-order valence-electron chi connectivity index (χ4n) is 0.996. The molecule has 1 aromatic heterocycles. The number of aliphatic hydroxyl groups is 1. The van der Waals surface area contributed by atoms with Gasteiger partial charge in [-0.05, 0) is 25.8 Å². The smallest absolute Gasteiger partial charge is 0.222 e. The van der Waals surface area contributed by atoms with Crippen LogP contribution in [-0.2, 0) is 0 Å². The second-order valence-corrected chi connectivity index (χ2v) is 4.39. The summed E-state index contributed by atoms with van der Waals surface area (Å²) in [6.45, 7) is 8.14. The highest BCUT2D eigenvalue weighted by molar-refractivity contribution is 5.25. The summed E-state index contributed by atoms with van der Waals surface area (Å²) in [4.78, 5) is 8.27. The molecule has 4 heteroatoms. The molecule has 0 radical (unpaired) electrons. The van der Waals surface area contributed by atoms with E-state index in [1.54, 1.807) is 13.1 Å². The zero-order chi connectivity index (χ0) is 11.5. The molecular formula is C11H19N3O. The Morgan fingerprint density at radius 1 is 1.53 bits per heavy atom. The molecule has 0 saturated carbocycles. The first kappa shape index (κ1) is 11.9. The summed E-state index contributed by atoms with van der Waals surface area (Å²) in [7, 11) is 0. The molecule has 0 aliphatic carbocycles. The Morgan fingerprint density at radius 2 is 2.20 bits per heavy atom. The van der Waals surface area contributed by atoms with Crippen LogP contribution < -0.4 is 5.32 Å². The van der Waals surface area contributed by atoms with E-state index in [1.807, 2.05) is 26.8 Å². The highest BCUT2D eigenvalue weighted by atomic mass is 16.3. The van der Waals surface area contributed by atoms with Crippen molar-refractivity contribution in [1.29, 1.82) is 0 Å². The van der Waals surface area contributed by atoms with Crippen molar-refractivity contribution in [3.05, 3.63) is 18.0 Å². The van der Waals surface area contributed by atoms with Gasteiger partial charge in [-0.25, -0.2) is 9.97 Å². The molecule has 2 N–H and O–H groups in total. The monoisotopic (exact) mass is 209 g/mol. The van der Waals surface area contributed by atoms with Crippen molar-refractivity contribution in [2.75, 3.05) is 11.9 Å². The molecule has 1 unspecified atom stereocenters. The lowest BCUT2D eigenvalue weighted by Crippen LogP contribution is -2.39. The van der Waals surface area contributed by atoms with Gasteiger partial charge in [-0.1, -0.05) is 13.8 Å². The minimum atomic E-state index is -0.743. The summed E-state index contributed by atoms with van der Waals surface area (Å²) < 4.78 is 0. The summed E-state index contributed by atoms with van der Waals surface area (Å²) in [5, 5.41) is 13.0. The van der Waals surface area contributed by atoms with E-state index in [0.29, 0.717) is 12.5 Å². The van der Waals surface area contributed by atoms with Crippen molar-refractivity contribution in [2.45, 2.75) is 33.3 Å². The fourth-order valence-corrected chi connectivity index (χ4v) is 0.996. The van der Waals surface area contributed by atoms with Gasteiger partial charge in [0, 0.05) is 18.4 Å². The largest absolute Gasteiger partial charge is 0.388 e. The van der Waals surface area contributed by atoms with E-state index >= 15 is 0 Å². The summed E-state index contributed by atoms with van der Waals surface area (Å²) in [6, 6.07) is 1.84. The van der Waals surface area contributed by atoms with Gasteiger partial charge in [0.1, 0.15) is 0 Å². The molecule has 0 bridgehead atoms. The van der Waals surface area contributed by atoms with E-state index in [9.17, 15) is 5.11 Å². The van der Waals surface area contributed by atoms with Gasteiger partial charge >= 0.3 is 0 Å². The molecule has 0 spiro atoms. The van der Waals surface area contributed by atoms with Gasteiger partial charge < -0.3 is 10.4 Å². The summed E-state index contributed by atoms with van der Waals surface area (Å²) in [5.74, 6) is 0.755. The van der Waals surface area contributed by atoms with E-state index in [1.165, 1.54) is 0 Å².